The van der Waals surface area contributed by atoms with Crippen LogP contribution in [0.3, 0.4) is 0 Å². The Labute approximate surface area is 116 Å². The van der Waals surface area contributed by atoms with Gasteiger partial charge in [0.2, 0.25) is 0 Å². The normalized spacial score (nSPS) is 10.4. The van der Waals surface area contributed by atoms with Crippen LogP contribution in [0.5, 0.6) is 5.75 Å². The molecule has 0 aliphatic rings. The van der Waals surface area contributed by atoms with Crippen molar-refractivity contribution < 1.29 is 10.2 Å². The summed E-state index contributed by atoms with van der Waals surface area (Å²) < 4.78 is 0. The average molecular weight is 276 g/mol. The first kappa shape index (κ1) is 13.6. The summed E-state index contributed by atoms with van der Waals surface area (Å²) in [6.07, 6.45) is 0.491. The number of benzene rings is 1. The van der Waals surface area contributed by atoms with Crippen LogP contribution in [0, 0.1) is 6.92 Å². The van der Waals surface area contributed by atoms with Gasteiger partial charge in [0.05, 0.1) is 5.69 Å². The van der Waals surface area contributed by atoms with Gasteiger partial charge in [0.1, 0.15) is 5.75 Å². The molecule has 0 spiro atoms. The molecule has 0 saturated carbocycles. The monoisotopic (exact) mass is 276 g/mol. The highest BCUT2D eigenvalue weighted by atomic mass is 32.1. The lowest BCUT2D eigenvalue weighted by Gasteiger charge is -2.04. The second-order valence-electron chi connectivity index (χ2n) is 4.26. The van der Waals surface area contributed by atoms with Crippen LogP contribution in [0.15, 0.2) is 35.9 Å². The van der Waals surface area contributed by atoms with Crippen molar-refractivity contribution in [1.82, 2.24) is 4.98 Å². The average Bonchev–Trinajstić information content (AvgIpc) is 2.77. The highest BCUT2D eigenvalue weighted by Crippen LogP contribution is 2.32. The van der Waals surface area contributed by atoms with Gasteiger partial charge in [-0.05, 0) is 24.6 Å². The van der Waals surface area contributed by atoms with E-state index in [4.69, 9.17) is 5.11 Å². The molecule has 5 heteroatoms. The first-order valence-corrected chi connectivity index (χ1v) is 6.79. The quantitative estimate of drug-likeness (QED) is 0.785. The lowest BCUT2D eigenvalue weighted by atomic mass is 10.1. The van der Waals surface area contributed by atoms with E-state index in [9.17, 15) is 5.11 Å². The molecule has 0 fully saturated rings. The second kappa shape index (κ2) is 5.86. The smallest absolute Gasteiger partial charge is 0.187 e. The number of rotatable bonds is 5. The van der Waals surface area contributed by atoms with Crippen LogP contribution in [0.4, 0.5) is 5.13 Å². The number of phenols is 1. The van der Waals surface area contributed by atoms with E-state index in [2.05, 4.69) is 16.9 Å². The number of anilines is 1. The van der Waals surface area contributed by atoms with Gasteiger partial charge in [-0.3, -0.25) is 0 Å². The summed E-state index contributed by atoms with van der Waals surface area (Å²) in [5.74, 6) is 0.228. The van der Waals surface area contributed by atoms with Crippen LogP contribution < -0.4 is 5.32 Å². The maximum atomic E-state index is 9.91. The summed E-state index contributed by atoms with van der Waals surface area (Å²) in [7, 11) is 0. The third-order valence-electron chi connectivity index (χ3n) is 2.63. The van der Waals surface area contributed by atoms with Gasteiger partial charge >= 0.3 is 0 Å². The Morgan fingerprint density at radius 1 is 1.47 bits per heavy atom. The van der Waals surface area contributed by atoms with E-state index in [1.54, 1.807) is 6.07 Å². The molecule has 3 N–H and O–H groups in total. The van der Waals surface area contributed by atoms with Crippen molar-refractivity contribution in [2.75, 3.05) is 11.9 Å². The fourth-order valence-corrected chi connectivity index (χ4v) is 2.42. The Morgan fingerprint density at radius 3 is 2.95 bits per heavy atom. The number of hydrogen-bond donors (Lipinski definition) is 3. The van der Waals surface area contributed by atoms with Gasteiger partial charge in [-0.15, -0.1) is 11.3 Å². The summed E-state index contributed by atoms with van der Waals surface area (Å²) in [4.78, 5) is 4.40. The first-order chi connectivity index (χ1) is 9.10. The maximum Gasteiger partial charge on any atom is 0.187 e. The SMILES string of the molecule is C=C(CCO)Nc1nc(-c2ccc(C)cc2O)cs1. The van der Waals surface area contributed by atoms with Crippen LogP contribution in [-0.2, 0) is 0 Å². The number of nitrogens with zero attached hydrogens (tertiary/aromatic N) is 1. The fraction of sp³-hybridized carbons (Fsp3) is 0.214. The molecule has 0 saturated heterocycles. The number of thiazole rings is 1. The molecule has 4 nitrogen and oxygen atoms in total. The Bertz CT molecular complexity index is 593. The molecule has 0 aliphatic carbocycles. The van der Waals surface area contributed by atoms with Gasteiger partial charge in [-0.25, -0.2) is 4.98 Å². The third kappa shape index (κ3) is 3.33. The van der Waals surface area contributed by atoms with E-state index in [1.807, 2.05) is 24.4 Å². The molecule has 0 aliphatic heterocycles. The molecular weight excluding hydrogens is 260 g/mol. The summed E-state index contributed by atoms with van der Waals surface area (Å²) in [6.45, 7) is 5.78. The van der Waals surface area contributed by atoms with Gasteiger partial charge in [0.25, 0.3) is 0 Å². The fourth-order valence-electron chi connectivity index (χ4n) is 1.66. The van der Waals surface area contributed by atoms with Gasteiger partial charge in [-0.2, -0.15) is 0 Å². The van der Waals surface area contributed by atoms with Crippen molar-refractivity contribution in [3.05, 3.63) is 41.4 Å². The molecule has 2 aromatic rings. The van der Waals surface area contributed by atoms with Gasteiger partial charge in [0.15, 0.2) is 5.13 Å². The van der Waals surface area contributed by atoms with E-state index in [0.717, 1.165) is 17.0 Å². The van der Waals surface area contributed by atoms with Crippen LogP contribution in [0.2, 0.25) is 0 Å². The lowest BCUT2D eigenvalue weighted by Crippen LogP contribution is -1.99. The highest BCUT2D eigenvalue weighted by Gasteiger charge is 2.09. The number of aliphatic hydroxyl groups is 1. The van der Waals surface area contributed by atoms with Crippen molar-refractivity contribution in [2.24, 2.45) is 0 Å². The van der Waals surface area contributed by atoms with Crippen molar-refractivity contribution in [1.29, 1.82) is 0 Å². The number of nitrogens with one attached hydrogen (secondary N) is 1. The molecule has 0 bridgehead atoms. The minimum atomic E-state index is 0.0583. The molecule has 1 aromatic carbocycles. The van der Waals surface area contributed by atoms with Crippen molar-refractivity contribution in [3.8, 4) is 17.0 Å². The number of phenolic OH excluding ortho intramolecular Hbond substituents is 1. The Morgan fingerprint density at radius 2 is 2.26 bits per heavy atom. The maximum absolute atomic E-state index is 9.91. The predicted molar refractivity (Wildman–Crippen MR) is 78.4 cm³/mol. The molecule has 0 unspecified atom stereocenters. The Balaban J connectivity index is 2.18. The largest absolute Gasteiger partial charge is 0.507 e. The lowest BCUT2D eigenvalue weighted by molar-refractivity contribution is 0.300. The second-order valence-corrected chi connectivity index (χ2v) is 5.12. The van der Waals surface area contributed by atoms with Crippen LogP contribution in [0.25, 0.3) is 11.3 Å². The number of aryl methyl sites for hydroxylation is 1. The van der Waals surface area contributed by atoms with Gasteiger partial charge in [0, 0.05) is 29.7 Å². The molecule has 1 heterocycles. The molecule has 0 radical (unpaired) electrons. The molecule has 0 atom stereocenters. The zero-order chi connectivity index (χ0) is 13.8. The van der Waals surface area contributed by atoms with Crippen molar-refractivity contribution in [3.63, 3.8) is 0 Å². The standard InChI is InChI=1S/C14H16N2O2S/c1-9-3-4-11(13(18)7-9)12-8-19-14(16-12)15-10(2)5-6-17/h3-4,7-8,17-18H,2,5-6H2,1H3,(H,15,16). The molecule has 0 amide bonds. The van der Waals surface area contributed by atoms with Crippen molar-refractivity contribution in [2.45, 2.75) is 13.3 Å². The molecule has 100 valence electrons. The van der Waals surface area contributed by atoms with E-state index in [-0.39, 0.29) is 12.4 Å². The number of hydrogen-bond acceptors (Lipinski definition) is 5. The third-order valence-corrected chi connectivity index (χ3v) is 3.39. The number of aromatic nitrogens is 1. The van der Waals surface area contributed by atoms with Crippen LogP contribution in [-0.4, -0.2) is 21.8 Å². The van der Waals surface area contributed by atoms with Gasteiger partial charge in [-0.1, -0.05) is 12.6 Å². The minimum Gasteiger partial charge on any atom is -0.507 e. The Hall–Kier alpha value is -1.85. The summed E-state index contributed by atoms with van der Waals surface area (Å²) in [5, 5.41) is 24.3. The van der Waals surface area contributed by atoms with E-state index in [1.165, 1.54) is 11.3 Å². The first-order valence-electron chi connectivity index (χ1n) is 5.91. The van der Waals surface area contributed by atoms with Crippen LogP contribution >= 0.6 is 11.3 Å². The number of aromatic hydroxyl groups is 1. The van der Waals surface area contributed by atoms with E-state index >= 15 is 0 Å². The zero-order valence-corrected chi connectivity index (χ0v) is 11.5. The molecule has 1 aromatic heterocycles. The highest BCUT2D eigenvalue weighted by molar-refractivity contribution is 7.14. The van der Waals surface area contributed by atoms with E-state index in [0.29, 0.717) is 17.1 Å². The molecule has 19 heavy (non-hydrogen) atoms. The van der Waals surface area contributed by atoms with Crippen molar-refractivity contribution >= 4 is 16.5 Å². The summed E-state index contributed by atoms with van der Waals surface area (Å²) in [6, 6.07) is 5.50. The topological polar surface area (TPSA) is 65.4 Å². The summed E-state index contributed by atoms with van der Waals surface area (Å²) >= 11 is 1.44. The predicted octanol–water partition coefficient (Wildman–Crippen LogP) is 3.13. The minimum absolute atomic E-state index is 0.0583. The van der Waals surface area contributed by atoms with E-state index < -0.39 is 0 Å². The zero-order valence-electron chi connectivity index (χ0n) is 10.7. The van der Waals surface area contributed by atoms with Crippen LogP contribution in [0.1, 0.15) is 12.0 Å². The molecule has 2 rings (SSSR count). The Kier molecular flexibility index (Phi) is 4.19. The summed E-state index contributed by atoms with van der Waals surface area (Å²) in [5.41, 5.74) is 3.16. The van der Waals surface area contributed by atoms with Gasteiger partial charge < -0.3 is 15.5 Å². The number of aliphatic hydroxyl groups excluding tert-OH is 1. The molecular formula is C14H16N2O2S.